The zero-order chi connectivity index (χ0) is 16.0. The summed E-state index contributed by atoms with van der Waals surface area (Å²) >= 11 is 0. The molecule has 0 radical (unpaired) electrons. The van der Waals surface area contributed by atoms with E-state index in [-0.39, 0.29) is 24.9 Å². The molecule has 22 heavy (non-hydrogen) atoms. The first-order chi connectivity index (χ1) is 9.88. The van der Waals surface area contributed by atoms with Crippen molar-refractivity contribution in [1.29, 1.82) is 0 Å². The molecule has 0 bridgehead atoms. The van der Waals surface area contributed by atoms with Gasteiger partial charge >= 0.3 is 0 Å². The highest BCUT2D eigenvalue weighted by Crippen LogP contribution is 2.29. The largest absolute Gasteiger partial charge is 0.493 e. The van der Waals surface area contributed by atoms with E-state index >= 15 is 0 Å². The molecule has 7 nitrogen and oxygen atoms in total. The van der Waals surface area contributed by atoms with Crippen molar-refractivity contribution >= 4 is 24.2 Å². The third-order valence-electron chi connectivity index (χ3n) is 3.02. The van der Waals surface area contributed by atoms with Crippen LogP contribution in [-0.4, -0.2) is 32.1 Å². The Morgan fingerprint density at radius 1 is 1.23 bits per heavy atom. The zero-order valence-electron chi connectivity index (χ0n) is 12.8. The first-order valence-corrected chi connectivity index (χ1v) is 6.45. The number of rotatable bonds is 7. The lowest BCUT2D eigenvalue weighted by atomic mass is 10.1. The fourth-order valence-corrected chi connectivity index (χ4v) is 1.84. The molecule has 1 aromatic rings. The number of halogens is 1. The molecule has 0 saturated carbocycles. The van der Waals surface area contributed by atoms with E-state index < -0.39 is 17.9 Å². The summed E-state index contributed by atoms with van der Waals surface area (Å²) in [6, 6.07) is 4.08. The maximum atomic E-state index is 11.8. The SMILES string of the molecule is COc1ccc(C(C)NC(=O)C(N)CC(N)=O)cc1OC.Cl. The Bertz CT molecular complexity index is 525. The van der Waals surface area contributed by atoms with E-state index in [4.69, 9.17) is 20.9 Å². The first kappa shape index (κ1) is 20.0. The van der Waals surface area contributed by atoms with Gasteiger partial charge in [0.15, 0.2) is 11.5 Å². The van der Waals surface area contributed by atoms with Gasteiger partial charge in [-0.25, -0.2) is 0 Å². The third kappa shape index (κ3) is 5.42. The standard InChI is InChI=1S/C14H21N3O4.ClH/c1-8(17-14(19)10(15)7-13(16)18)9-4-5-11(20-2)12(6-9)21-3;/h4-6,8,10H,7,15H2,1-3H3,(H2,16,18)(H,17,19);1H. The Hall–Kier alpha value is -1.99. The number of carbonyl (C=O) groups is 2. The number of hydrogen-bond acceptors (Lipinski definition) is 5. The highest BCUT2D eigenvalue weighted by atomic mass is 35.5. The lowest BCUT2D eigenvalue weighted by Gasteiger charge is -2.18. The molecule has 0 fully saturated rings. The van der Waals surface area contributed by atoms with Gasteiger partial charge in [0, 0.05) is 0 Å². The van der Waals surface area contributed by atoms with Gasteiger partial charge in [-0.3, -0.25) is 9.59 Å². The molecule has 0 aromatic heterocycles. The molecule has 2 unspecified atom stereocenters. The van der Waals surface area contributed by atoms with Crippen molar-refractivity contribution in [3.63, 3.8) is 0 Å². The van der Waals surface area contributed by atoms with Crippen LogP contribution in [0.1, 0.15) is 24.9 Å². The number of hydrogen-bond donors (Lipinski definition) is 3. The summed E-state index contributed by atoms with van der Waals surface area (Å²) in [5, 5.41) is 2.72. The summed E-state index contributed by atoms with van der Waals surface area (Å²) in [5.41, 5.74) is 11.4. The van der Waals surface area contributed by atoms with Gasteiger partial charge in [-0.2, -0.15) is 0 Å². The molecule has 8 heteroatoms. The van der Waals surface area contributed by atoms with Crippen LogP contribution < -0.4 is 26.3 Å². The number of benzene rings is 1. The quantitative estimate of drug-likeness (QED) is 0.673. The molecule has 1 rings (SSSR count). The Morgan fingerprint density at radius 2 is 1.82 bits per heavy atom. The number of carbonyl (C=O) groups excluding carboxylic acids is 2. The second-order valence-electron chi connectivity index (χ2n) is 4.62. The van der Waals surface area contributed by atoms with Crippen molar-refractivity contribution in [2.45, 2.75) is 25.4 Å². The second-order valence-corrected chi connectivity index (χ2v) is 4.62. The Morgan fingerprint density at radius 3 is 2.32 bits per heavy atom. The van der Waals surface area contributed by atoms with Crippen LogP contribution in [-0.2, 0) is 9.59 Å². The van der Waals surface area contributed by atoms with Crippen molar-refractivity contribution in [3.8, 4) is 11.5 Å². The summed E-state index contributed by atoms with van der Waals surface area (Å²) in [6.45, 7) is 1.80. The number of amides is 2. The minimum absolute atomic E-state index is 0. The fourth-order valence-electron chi connectivity index (χ4n) is 1.84. The van der Waals surface area contributed by atoms with E-state index in [0.717, 1.165) is 5.56 Å². The van der Waals surface area contributed by atoms with Crippen LogP contribution in [0.4, 0.5) is 0 Å². The van der Waals surface area contributed by atoms with Gasteiger partial charge < -0.3 is 26.3 Å². The summed E-state index contributed by atoms with van der Waals surface area (Å²) in [4.78, 5) is 22.6. The van der Waals surface area contributed by atoms with Crippen LogP contribution in [0, 0.1) is 0 Å². The minimum Gasteiger partial charge on any atom is -0.493 e. The Kier molecular flexibility index (Phi) is 8.29. The van der Waals surface area contributed by atoms with E-state index in [1.807, 2.05) is 6.07 Å². The van der Waals surface area contributed by atoms with E-state index in [9.17, 15) is 9.59 Å². The predicted octanol–water partition coefficient (Wildman–Crippen LogP) is 0.505. The summed E-state index contributed by atoms with van der Waals surface area (Å²) < 4.78 is 10.4. The van der Waals surface area contributed by atoms with Gasteiger partial charge in [0.1, 0.15) is 0 Å². The fraction of sp³-hybridized carbons (Fsp3) is 0.429. The van der Waals surface area contributed by atoms with E-state index in [1.54, 1.807) is 26.2 Å². The van der Waals surface area contributed by atoms with Crippen molar-refractivity contribution in [2.75, 3.05) is 14.2 Å². The minimum atomic E-state index is -0.954. The number of nitrogens with one attached hydrogen (secondary N) is 1. The second kappa shape index (κ2) is 9.11. The van der Waals surface area contributed by atoms with Crippen molar-refractivity contribution in [1.82, 2.24) is 5.32 Å². The van der Waals surface area contributed by atoms with E-state index in [2.05, 4.69) is 5.32 Å². The molecule has 0 aliphatic rings. The molecule has 5 N–H and O–H groups in total. The Labute approximate surface area is 135 Å². The number of nitrogens with two attached hydrogens (primary N) is 2. The van der Waals surface area contributed by atoms with Gasteiger partial charge in [-0.15, -0.1) is 12.4 Å². The van der Waals surface area contributed by atoms with Crippen molar-refractivity contribution in [3.05, 3.63) is 23.8 Å². The van der Waals surface area contributed by atoms with Crippen LogP contribution in [0.2, 0.25) is 0 Å². The van der Waals surface area contributed by atoms with E-state index in [0.29, 0.717) is 11.5 Å². The molecule has 0 heterocycles. The topological polar surface area (TPSA) is 117 Å². The molecule has 1 aromatic carbocycles. The number of primary amides is 1. The van der Waals surface area contributed by atoms with Gasteiger partial charge in [0.2, 0.25) is 11.8 Å². The van der Waals surface area contributed by atoms with Crippen LogP contribution in [0.5, 0.6) is 11.5 Å². The van der Waals surface area contributed by atoms with Crippen LogP contribution >= 0.6 is 12.4 Å². The van der Waals surface area contributed by atoms with Gasteiger partial charge in [0.25, 0.3) is 0 Å². The molecule has 0 saturated heterocycles. The zero-order valence-corrected chi connectivity index (χ0v) is 13.6. The molecule has 0 spiro atoms. The van der Waals surface area contributed by atoms with Crippen molar-refractivity contribution in [2.24, 2.45) is 11.5 Å². The highest BCUT2D eigenvalue weighted by Gasteiger charge is 2.19. The predicted molar refractivity (Wildman–Crippen MR) is 85.1 cm³/mol. The molecular formula is C14H22ClN3O4. The van der Waals surface area contributed by atoms with Gasteiger partial charge in [-0.1, -0.05) is 6.07 Å². The average Bonchev–Trinajstić information content (AvgIpc) is 2.45. The van der Waals surface area contributed by atoms with Crippen molar-refractivity contribution < 1.29 is 19.1 Å². The van der Waals surface area contributed by atoms with Crippen LogP contribution in [0.25, 0.3) is 0 Å². The highest BCUT2D eigenvalue weighted by molar-refractivity contribution is 5.87. The number of ether oxygens (including phenoxy) is 2. The summed E-state index contributed by atoms with van der Waals surface area (Å²) in [5.74, 6) is 0.121. The van der Waals surface area contributed by atoms with Crippen LogP contribution in [0.15, 0.2) is 18.2 Å². The first-order valence-electron chi connectivity index (χ1n) is 6.45. The van der Waals surface area contributed by atoms with Gasteiger partial charge in [0.05, 0.1) is 32.7 Å². The lowest BCUT2D eigenvalue weighted by Crippen LogP contribution is -2.43. The molecule has 2 amide bonds. The maximum absolute atomic E-state index is 11.8. The number of methoxy groups -OCH3 is 2. The smallest absolute Gasteiger partial charge is 0.237 e. The average molecular weight is 332 g/mol. The molecule has 0 aliphatic carbocycles. The van der Waals surface area contributed by atoms with E-state index in [1.165, 1.54) is 7.11 Å². The molecule has 0 aliphatic heterocycles. The lowest BCUT2D eigenvalue weighted by molar-refractivity contribution is -0.126. The maximum Gasteiger partial charge on any atom is 0.237 e. The van der Waals surface area contributed by atoms with Gasteiger partial charge in [-0.05, 0) is 24.6 Å². The summed E-state index contributed by atoms with van der Waals surface area (Å²) in [6.07, 6.45) is -0.190. The molecule has 2 atom stereocenters. The van der Waals surface area contributed by atoms with Crippen LogP contribution in [0.3, 0.4) is 0 Å². The summed E-state index contributed by atoms with van der Waals surface area (Å²) in [7, 11) is 3.08. The monoisotopic (exact) mass is 331 g/mol. The molecule has 124 valence electrons. The Balaban J connectivity index is 0.00000441. The molecular weight excluding hydrogens is 310 g/mol. The normalized spacial score (nSPS) is 12.5. The third-order valence-corrected chi connectivity index (χ3v) is 3.02.